The average molecular weight is 458 g/mol. The van der Waals surface area contributed by atoms with E-state index in [4.69, 9.17) is 4.74 Å². The number of ketones is 1. The van der Waals surface area contributed by atoms with E-state index < -0.39 is 28.4 Å². The maximum atomic E-state index is 13.3. The Morgan fingerprint density at radius 2 is 1.74 bits per heavy atom. The maximum absolute atomic E-state index is 13.3. The van der Waals surface area contributed by atoms with Crippen LogP contribution in [0.4, 0.5) is 11.4 Å². The van der Waals surface area contributed by atoms with Gasteiger partial charge in [-0.25, -0.2) is 0 Å². The molecule has 0 aliphatic carbocycles. The Labute approximate surface area is 195 Å². The van der Waals surface area contributed by atoms with Crippen molar-refractivity contribution < 1.29 is 24.4 Å². The van der Waals surface area contributed by atoms with Gasteiger partial charge in [-0.1, -0.05) is 42.0 Å². The molecule has 0 saturated carbocycles. The fourth-order valence-electron chi connectivity index (χ4n) is 4.18. The molecule has 1 aliphatic rings. The summed E-state index contributed by atoms with van der Waals surface area (Å²) in [7, 11) is 1.53. The number of hydrogen-bond acceptors (Lipinski definition) is 6. The largest absolute Gasteiger partial charge is 0.507 e. The van der Waals surface area contributed by atoms with Crippen LogP contribution in [0, 0.1) is 24.0 Å². The number of nitro benzene ring substituents is 1. The molecule has 1 atom stereocenters. The summed E-state index contributed by atoms with van der Waals surface area (Å²) < 4.78 is 5.22. The molecule has 0 bridgehead atoms. The Hall–Kier alpha value is -4.46. The van der Waals surface area contributed by atoms with E-state index >= 15 is 0 Å². The van der Waals surface area contributed by atoms with E-state index in [-0.39, 0.29) is 16.8 Å². The zero-order chi connectivity index (χ0) is 24.6. The summed E-state index contributed by atoms with van der Waals surface area (Å²) in [4.78, 5) is 38.5. The van der Waals surface area contributed by atoms with Crippen LogP contribution in [0.15, 0.2) is 72.3 Å². The molecule has 8 nitrogen and oxygen atoms in total. The third-order valence-electron chi connectivity index (χ3n) is 5.82. The molecule has 0 spiro atoms. The number of ether oxygens (including phenoxy) is 1. The number of non-ortho nitro benzene ring substituents is 1. The highest BCUT2D eigenvalue weighted by atomic mass is 16.6. The van der Waals surface area contributed by atoms with Crippen LogP contribution in [0.2, 0.25) is 0 Å². The second-order valence-corrected chi connectivity index (χ2v) is 8.04. The summed E-state index contributed by atoms with van der Waals surface area (Å²) in [6.45, 7) is 3.77. The Kier molecular flexibility index (Phi) is 5.89. The number of nitro groups is 1. The lowest BCUT2D eigenvalue weighted by molar-refractivity contribution is -0.384. The van der Waals surface area contributed by atoms with Gasteiger partial charge in [-0.05, 0) is 43.2 Å². The fraction of sp³-hybridized carbons (Fsp3) is 0.154. The number of benzene rings is 3. The quantitative estimate of drug-likeness (QED) is 0.192. The number of aliphatic hydroxyl groups is 1. The first-order chi connectivity index (χ1) is 16.2. The molecular weight excluding hydrogens is 436 g/mol. The van der Waals surface area contributed by atoms with E-state index in [1.54, 1.807) is 30.3 Å². The fourth-order valence-corrected chi connectivity index (χ4v) is 4.18. The standard InChI is InChI=1S/C26H22N2O6/c1-15-7-12-21(16(2)13-15)27-23(17-8-10-20(34-3)11-9-17)22(25(30)26(27)31)24(29)18-5-4-6-19(14-18)28(32)33/h4-14,23,29H,1-3H3/b24-22-. The van der Waals surface area contributed by atoms with E-state index in [2.05, 4.69) is 0 Å². The summed E-state index contributed by atoms with van der Waals surface area (Å²) in [5.41, 5.74) is 2.58. The molecule has 1 N–H and O–H groups in total. The zero-order valence-corrected chi connectivity index (χ0v) is 18.8. The second-order valence-electron chi connectivity index (χ2n) is 8.04. The third kappa shape index (κ3) is 3.90. The molecule has 1 aliphatic heterocycles. The number of hydrogen-bond donors (Lipinski definition) is 1. The molecule has 8 heteroatoms. The van der Waals surface area contributed by atoms with Crippen LogP contribution in [0.25, 0.3) is 5.76 Å². The van der Waals surface area contributed by atoms with Gasteiger partial charge in [-0.2, -0.15) is 0 Å². The molecule has 1 amide bonds. The van der Waals surface area contributed by atoms with Crippen molar-refractivity contribution in [1.82, 2.24) is 0 Å². The van der Waals surface area contributed by atoms with Crippen LogP contribution in [0.1, 0.15) is 28.3 Å². The molecule has 172 valence electrons. The molecule has 1 unspecified atom stereocenters. The van der Waals surface area contributed by atoms with Gasteiger partial charge in [-0.15, -0.1) is 0 Å². The van der Waals surface area contributed by atoms with Crippen molar-refractivity contribution >= 4 is 28.8 Å². The number of amides is 1. The Bertz CT molecular complexity index is 1340. The number of aryl methyl sites for hydroxylation is 2. The predicted molar refractivity (Wildman–Crippen MR) is 127 cm³/mol. The van der Waals surface area contributed by atoms with Crippen molar-refractivity contribution in [3.05, 3.63) is 105 Å². The average Bonchev–Trinajstić information content (AvgIpc) is 3.09. The summed E-state index contributed by atoms with van der Waals surface area (Å²) in [6, 6.07) is 16.7. The Balaban J connectivity index is 1.96. The minimum Gasteiger partial charge on any atom is -0.507 e. The van der Waals surface area contributed by atoms with Gasteiger partial charge in [0.05, 0.1) is 23.6 Å². The molecule has 1 heterocycles. The molecule has 0 radical (unpaired) electrons. The number of aliphatic hydroxyl groups excluding tert-OH is 1. The summed E-state index contributed by atoms with van der Waals surface area (Å²) in [6.07, 6.45) is 0. The van der Waals surface area contributed by atoms with Gasteiger partial charge in [0, 0.05) is 23.4 Å². The van der Waals surface area contributed by atoms with Gasteiger partial charge >= 0.3 is 0 Å². The smallest absolute Gasteiger partial charge is 0.300 e. The molecule has 34 heavy (non-hydrogen) atoms. The van der Waals surface area contributed by atoms with Crippen LogP contribution in [-0.4, -0.2) is 28.8 Å². The topological polar surface area (TPSA) is 110 Å². The number of carbonyl (C=O) groups is 2. The van der Waals surface area contributed by atoms with Gasteiger partial charge in [0.15, 0.2) is 0 Å². The van der Waals surface area contributed by atoms with Gasteiger partial charge in [0.1, 0.15) is 11.5 Å². The maximum Gasteiger partial charge on any atom is 0.300 e. The molecule has 1 saturated heterocycles. The second kappa shape index (κ2) is 8.82. The lowest BCUT2D eigenvalue weighted by atomic mass is 9.94. The summed E-state index contributed by atoms with van der Waals surface area (Å²) in [5.74, 6) is -1.55. The highest BCUT2D eigenvalue weighted by Gasteiger charge is 2.47. The number of carbonyl (C=O) groups excluding carboxylic acids is 2. The minimum absolute atomic E-state index is 0.0753. The van der Waals surface area contributed by atoms with Gasteiger partial charge in [-0.3, -0.25) is 24.6 Å². The van der Waals surface area contributed by atoms with Crippen molar-refractivity contribution in [3.8, 4) is 5.75 Å². The van der Waals surface area contributed by atoms with E-state index in [1.807, 2.05) is 26.0 Å². The van der Waals surface area contributed by atoms with Gasteiger partial charge < -0.3 is 9.84 Å². The number of nitrogens with zero attached hydrogens (tertiary/aromatic N) is 2. The van der Waals surface area contributed by atoms with Crippen molar-refractivity contribution in [2.75, 3.05) is 12.0 Å². The highest BCUT2D eigenvalue weighted by molar-refractivity contribution is 6.51. The number of methoxy groups -OCH3 is 1. The van der Waals surface area contributed by atoms with Crippen LogP contribution in [-0.2, 0) is 9.59 Å². The summed E-state index contributed by atoms with van der Waals surface area (Å²) >= 11 is 0. The lowest BCUT2D eigenvalue weighted by Gasteiger charge is -2.27. The van der Waals surface area contributed by atoms with Crippen LogP contribution < -0.4 is 9.64 Å². The van der Waals surface area contributed by atoms with E-state index in [0.717, 1.165) is 11.1 Å². The third-order valence-corrected chi connectivity index (χ3v) is 5.82. The first-order valence-corrected chi connectivity index (χ1v) is 10.5. The number of Topliss-reactive ketones (excluding diaryl/α,β-unsaturated/α-hetero) is 1. The van der Waals surface area contributed by atoms with Gasteiger partial charge in [0.25, 0.3) is 17.4 Å². The first kappa shape index (κ1) is 22.7. The van der Waals surface area contributed by atoms with Crippen LogP contribution >= 0.6 is 0 Å². The number of rotatable bonds is 5. The van der Waals surface area contributed by atoms with Crippen molar-refractivity contribution in [3.63, 3.8) is 0 Å². The van der Waals surface area contributed by atoms with Crippen molar-refractivity contribution in [2.45, 2.75) is 19.9 Å². The van der Waals surface area contributed by atoms with E-state index in [1.165, 1.54) is 36.3 Å². The molecule has 0 aromatic heterocycles. The Morgan fingerprint density at radius 3 is 2.35 bits per heavy atom. The predicted octanol–water partition coefficient (Wildman–Crippen LogP) is 4.85. The summed E-state index contributed by atoms with van der Waals surface area (Å²) in [5, 5.41) is 22.4. The lowest BCUT2D eigenvalue weighted by Crippen LogP contribution is -2.30. The van der Waals surface area contributed by atoms with E-state index in [0.29, 0.717) is 17.0 Å². The normalized spacial score (nSPS) is 17.1. The zero-order valence-electron chi connectivity index (χ0n) is 18.8. The highest BCUT2D eigenvalue weighted by Crippen LogP contribution is 2.43. The van der Waals surface area contributed by atoms with Crippen molar-refractivity contribution in [1.29, 1.82) is 0 Å². The van der Waals surface area contributed by atoms with Crippen LogP contribution in [0.3, 0.4) is 0 Å². The SMILES string of the molecule is COc1ccc(C2/C(=C(/O)c3cccc([N+](=O)[O-])c3)C(=O)C(=O)N2c2ccc(C)cc2C)cc1. The molecule has 4 rings (SSSR count). The molecular formula is C26H22N2O6. The van der Waals surface area contributed by atoms with Crippen molar-refractivity contribution in [2.24, 2.45) is 0 Å². The van der Waals surface area contributed by atoms with Crippen LogP contribution in [0.5, 0.6) is 5.75 Å². The minimum atomic E-state index is -0.938. The number of anilines is 1. The molecule has 3 aromatic rings. The van der Waals surface area contributed by atoms with E-state index in [9.17, 15) is 24.8 Å². The monoisotopic (exact) mass is 458 g/mol. The first-order valence-electron chi connectivity index (χ1n) is 10.5. The van der Waals surface area contributed by atoms with Gasteiger partial charge in [0.2, 0.25) is 0 Å². The molecule has 3 aromatic carbocycles. The Morgan fingerprint density at radius 1 is 1.03 bits per heavy atom. The molecule has 1 fully saturated rings.